The number of carbonyl (C=O) groups excluding carboxylic acids is 2. The minimum atomic E-state index is -0.640. The average Bonchev–Trinajstić information content (AvgIpc) is 2.84. The Morgan fingerprint density at radius 3 is 2.21 bits per heavy atom. The fourth-order valence-corrected chi connectivity index (χ4v) is 3.99. The summed E-state index contributed by atoms with van der Waals surface area (Å²) in [5.41, 5.74) is 4.05. The van der Waals surface area contributed by atoms with Gasteiger partial charge in [0.1, 0.15) is 0 Å². The van der Waals surface area contributed by atoms with Crippen LogP contribution in [0.15, 0.2) is 60.7 Å². The summed E-state index contributed by atoms with van der Waals surface area (Å²) in [7, 11) is 1.45. The van der Waals surface area contributed by atoms with Gasteiger partial charge in [-0.2, -0.15) is 5.06 Å². The molecular formula is C26H31N3O4. The molecule has 2 N–H and O–H groups in total. The molecule has 3 rings (SSSR count). The summed E-state index contributed by atoms with van der Waals surface area (Å²) in [4.78, 5) is 32.6. The van der Waals surface area contributed by atoms with Gasteiger partial charge in [-0.3, -0.25) is 24.5 Å². The maximum atomic E-state index is 13.2. The van der Waals surface area contributed by atoms with E-state index in [2.05, 4.69) is 30.9 Å². The molecule has 0 fully saturated rings. The van der Waals surface area contributed by atoms with Gasteiger partial charge in [-0.15, -0.1) is 0 Å². The number of hydroxylamine groups is 2. The maximum absolute atomic E-state index is 13.2. The zero-order valence-electron chi connectivity index (χ0n) is 19.4. The lowest BCUT2D eigenvalue weighted by atomic mass is 10.0. The predicted molar refractivity (Wildman–Crippen MR) is 129 cm³/mol. The first kappa shape index (κ1) is 24.4. The highest BCUT2D eigenvalue weighted by molar-refractivity contribution is 6.10. The van der Waals surface area contributed by atoms with E-state index in [-0.39, 0.29) is 11.5 Å². The van der Waals surface area contributed by atoms with Gasteiger partial charge in [-0.25, -0.2) is 5.48 Å². The minimum Gasteiger partial charge on any atom is -0.299 e. The van der Waals surface area contributed by atoms with Crippen molar-refractivity contribution in [2.24, 2.45) is 0 Å². The van der Waals surface area contributed by atoms with Crippen molar-refractivity contribution in [3.05, 3.63) is 77.4 Å². The summed E-state index contributed by atoms with van der Waals surface area (Å²) in [5.74, 6) is -0.999. The highest BCUT2D eigenvalue weighted by Gasteiger charge is 2.20. The van der Waals surface area contributed by atoms with Gasteiger partial charge in [-0.1, -0.05) is 38.1 Å². The van der Waals surface area contributed by atoms with Gasteiger partial charge in [0.15, 0.2) is 0 Å². The highest BCUT2D eigenvalue weighted by atomic mass is 16.7. The molecular weight excluding hydrogens is 418 g/mol. The summed E-state index contributed by atoms with van der Waals surface area (Å²) in [6.07, 6.45) is 2.24. The summed E-state index contributed by atoms with van der Waals surface area (Å²) < 4.78 is 0. The van der Waals surface area contributed by atoms with E-state index in [0.717, 1.165) is 43.2 Å². The van der Waals surface area contributed by atoms with Crippen LogP contribution in [0.2, 0.25) is 0 Å². The Hall–Kier alpha value is -3.26. The molecule has 7 nitrogen and oxygen atoms in total. The summed E-state index contributed by atoms with van der Waals surface area (Å²) in [6, 6.07) is 18.1. The monoisotopic (exact) mass is 449 g/mol. The largest absolute Gasteiger partial charge is 0.299 e. The molecule has 0 radical (unpaired) electrons. The Labute approximate surface area is 194 Å². The lowest BCUT2D eigenvalue weighted by Gasteiger charge is -2.23. The number of anilines is 1. The van der Waals surface area contributed by atoms with Crippen molar-refractivity contribution in [1.29, 1.82) is 0 Å². The van der Waals surface area contributed by atoms with E-state index in [1.165, 1.54) is 42.0 Å². The van der Waals surface area contributed by atoms with Crippen LogP contribution in [-0.2, 0) is 11.4 Å². The highest BCUT2D eigenvalue weighted by Crippen LogP contribution is 2.29. The molecule has 0 heterocycles. The number of nitrogens with one attached hydrogen (secondary N) is 1. The van der Waals surface area contributed by atoms with E-state index in [1.54, 1.807) is 5.48 Å². The third-order valence-corrected chi connectivity index (χ3v) is 5.49. The Morgan fingerprint density at radius 2 is 1.61 bits per heavy atom. The van der Waals surface area contributed by atoms with Crippen molar-refractivity contribution < 1.29 is 19.6 Å². The molecule has 0 unspecified atom stereocenters. The first-order chi connectivity index (χ1) is 16.0. The molecule has 0 aliphatic rings. The molecule has 174 valence electrons. The van der Waals surface area contributed by atoms with Crippen LogP contribution in [0.4, 0.5) is 5.69 Å². The Bertz CT molecular complexity index is 1090. The molecule has 0 saturated heterocycles. The van der Waals surface area contributed by atoms with Gasteiger partial charge in [0.2, 0.25) is 0 Å². The van der Waals surface area contributed by atoms with Crippen molar-refractivity contribution in [3.8, 4) is 0 Å². The van der Waals surface area contributed by atoms with Crippen LogP contribution in [-0.4, -0.2) is 42.1 Å². The average molecular weight is 450 g/mol. The van der Waals surface area contributed by atoms with E-state index in [4.69, 9.17) is 10.0 Å². The second-order valence-electron chi connectivity index (χ2n) is 7.91. The molecule has 2 amide bonds. The van der Waals surface area contributed by atoms with Crippen LogP contribution in [0.1, 0.15) is 53.0 Å². The fraction of sp³-hybridized carbons (Fsp3) is 0.308. The fourth-order valence-electron chi connectivity index (χ4n) is 3.99. The molecule has 33 heavy (non-hydrogen) atoms. The standard InChI is InChI=1S/C26H31N3O4/c1-4-15-28(16-5-2)18-19-9-14-23-22(17-19)7-6-8-24(23)29(33-3)26(31)21-12-10-20(11-13-21)25(30)27-32/h6-14,17,32H,4-5,15-16,18H2,1-3H3,(H,27,30). The van der Waals surface area contributed by atoms with Crippen molar-refractivity contribution in [2.45, 2.75) is 33.2 Å². The molecule has 7 heteroatoms. The zero-order valence-corrected chi connectivity index (χ0v) is 19.4. The number of benzene rings is 3. The second-order valence-corrected chi connectivity index (χ2v) is 7.91. The van der Waals surface area contributed by atoms with Crippen molar-refractivity contribution in [2.75, 3.05) is 25.3 Å². The van der Waals surface area contributed by atoms with Crippen molar-refractivity contribution in [3.63, 3.8) is 0 Å². The van der Waals surface area contributed by atoms with Crippen molar-refractivity contribution >= 4 is 28.3 Å². The van der Waals surface area contributed by atoms with E-state index in [1.807, 2.05) is 24.3 Å². The molecule has 0 bridgehead atoms. The quantitative estimate of drug-likeness (QED) is 0.344. The Kier molecular flexibility index (Phi) is 8.54. The molecule has 0 atom stereocenters. The topological polar surface area (TPSA) is 82.1 Å². The zero-order chi connectivity index (χ0) is 23.8. The van der Waals surface area contributed by atoms with Crippen LogP contribution < -0.4 is 10.5 Å². The summed E-state index contributed by atoms with van der Waals surface area (Å²) in [5, 5.41) is 12.0. The molecule has 3 aromatic carbocycles. The number of hydrogen-bond donors (Lipinski definition) is 2. The number of amides is 2. The number of carbonyl (C=O) groups is 2. The maximum Gasteiger partial charge on any atom is 0.282 e. The molecule has 0 aliphatic carbocycles. The van der Waals surface area contributed by atoms with Crippen LogP contribution in [0.3, 0.4) is 0 Å². The normalized spacial score (nSPS) is 11.1. The molecule has 0 saturated carbocycles. The van der Waals surface area contributed by atoms with Gasteiger partial charge in [0.05, 0.1) is 12.8 Å². The Morgan fingerprint density at radius 1 is 0.939 bits per heavy atom. The van der Waals surface area contributed by atoms with Gasteiger partial charge < -0.3 is 0 Å². The molecule has 0 aliphatic heterocycles. The number of hydrogen-bond acceptors (Lipinski definition) is 5. The molecule has 0 aromatic heterocycles. The van der Waals surface area contributed by atoms with E-state index in [0.29, 0.717) is 11.3 Å². The van der Waals surface area contributed by atoms with Gasteiger partial charge in [0.25, 0.3) is 11.8 Å². The third kappa shape index (κ3) is 5.76. The summed E-state index contributed by atoms with van der Waals surface area (Å²) in [6.45, 7) is 7.41. The van der Waals surface area contributed by atoms with Crippen LogP contribution in [0.5, 0.6) is 0 Å². The van der Waals surface area contributed by atoms with Gasteiger partial charge in [0, 0.05) is 23.1 Å². The summed E-state index contributed by atoms with van der Waals surface area (Å²) >= 11 is 0. The Balaban J connectivity index is 1.89. The van der Waals surface area contributed by atoms with Crippen LogP contribution in [0.25, 0.3) is 10.8 Å². The number of fused-ring (bicyclic) bond motifs is 1. The van der Waals surface area contributed by atoms with Gasteiger partial charge >= 0.3 is 0 Å². The van der Waals surface area contributed by atoms with E-state index < -0.39 is 5.91 Å². The SMILES string of the molecule is CCCN(CCC)Cc1ccc2c(N(OC)C(=O)c3ccc(C(=O)NO)cc3)cccc2c1. The number of nitrogens with zero attached hydrogens (tertiary/aromatic N) is 2. The molecule has 3 aromatic rings. The second kappa shape index (κ2) is 11.6. The minimum absolute atomic E-state index is 0.246. The molecule has 0 spiro atoms. The lowest BCUT2D eigenvalue weighted by molar-refractivity contribution is 0.0705. The third-order valence-electron chi connectivity index (χ3n) is 5.49. The lowest BCUT2D eigenvalue weighted by Crippen LogP contribution is -2.30. The number of rotatable bonds is 10. The van der Waals surface area contributed by atoms with Crippen LogP contribution in [0, 0.1) is 0 Å². The first-order valence-corrected chi connectivity index (χ1v) is 11.2. The first-order valence-electron chi connectivity index (χ1n) is 11.2. The smallest absolute Gasteiger partial charge is 0.282 e. The van der Waals surface area contributed by atoms with Gasteiger partial charge in [-0.05, 0) is 73.3 Å². The van der Waals surface area contributed by atoms with Crippen LogP contribution >= 0.6 is 0 Å². The van der Waals surface area contributed by atoms with E-state index in [9.17, 15) is 9.59 Å². The van der Waals surface area contributed by atoms with Crippen molar-refractivity contribution in [1.82, 2.24) is 10.4 Å². The predicted octanol–water partition coefficient (Wildman–Crippen LogP) is 4.79. The van der Waals surface area contributed by atoms with E-state index >= 15 is 0 Å².